The number of carbonyl (C=O) groups excluding carboxylic acids is 1. The Balaban J connectivity index is 1.61. The van der Waals surface area contributed by atoms with E-state index in [0.29, 0.717) is 23.9 Å². The SMILES string of the molecule is CC1COC(c2ccccc2)CN1C(=O)COc1ccc(Cl)cc1. The third-order valence-electron chi connectivity index (χ3n) is 4.10. The van der Waals surface area contributed by atoms with Crippen molar-refractivity contribution in [2.75, 3.05) is 19.8 Å². The van der Waals surface area contributed by atoms with E-state index < -0.39 is 0 Å². The van der Waals surface area contributed by atoms with Gasteiger partial charge in [-0.2, -0.15) is 0 Å². The van der Waals surface area contributed by atoms with Crippen LogP contribution in [-0.2, 0) is 9.53 Å². The first kappa shape index (κ1) is 16.8. The van der Waals surface area contributed by atoms with Crippen molar-refractivity contribution in [3.8, 4) is 5.75 Å². The van der Waals surface area contributed by atoms with Gasteiger partial charge in [-0.05, 0) is 36.8 Å². The van der Waals surface area contributed by atoms with Gasteiger partial charge in [0.25, 0.3) is 5.91 Å². The van der Waals surface area contributed by atoms with Crippen LogP contribution in [0.15, 0.2) is 54.6 Å². The molecule has 0 aliphatic carbocycles. The Morgan fingerprint density at radius 1 is 1.21 bits per heavy atom. The zero-order chi connectivity index (χ0) is 16.9. The van der Waals surface area contributed by atoms with Crippen LogP contribution < -0.4 is 4.74 Å². The van der Waals surface area contributed by atoms with Gasteiger partial charge in [0, 0.05) is 5.02 Å². The lowest BCUT2D eigenvalue weighted by Gasteiger charge is -2.38. The van der Waals surface area contributed by atoms with Crippen molar-refractivity contribution < 1.29 is 14.3 Å². The second-order valence-corrected chi connectivity index (χ2v) is 6.31. The highest BCUT2D eigenvalue weighted by Gasteiger charge is 2.30. The Hall–Kier alpha value is -2.04. The molecule has 0 bridgehead atoms. The predicted octanol–water partition coefficient (Wildman–Crippen LogP) is 3.71. The van der Waals surface area contributed by atoms with Crippen molar-refractivity contribution in [1.29, 1.82) is 0 Å². The highest BCUT2D eigenvalue weighted by Crippen LogP contribution is 2.25. The molecule has 1 saturated heterocycles. The topological polar surface area (TPSA) is 38.8 Å². The molecule has 2 aromatic rings. The highest BCUT2D eigenvalue weighted by atomic mass is 35.5. The van der Waals surface area contributed by atoms with Gasteiger partial charge in [0.2, 0.25) is 0 Å². The lowest BCUT2D eigenvalue weighted by atomic mass is 10.1. The summed E-state index contributed by atoms with van der Waals surface area (Å²) < 4.78 is 11.5. The minimum absolute atomic E-state index is 0.00742. The van der Waals surface area contributed by atoms with E-state index in [1.54, 1.807) is 24.3 Å². The van der Waals surface area contributed by atoms with Crippen LogP contribution in [0.25, 0.3) is 0 Å². The van der Waals surface area contributed by atoms with E-state index in [4.69, 9.17) is 21.1 Å². The average Bonchev–Trinajstić information content (AvgIpc) is 2.62. The Bertz CT molecular complexity index is 675. The molecule has 0 aromatic heterocycles. The fourth-order valence-electron chi connectivity index (χ4n) is 2.73. The second kappa shape index (κ2) is 7.69. The largest absolute Gasteiger partial charge is 0.484 e. The van der Waals surface area contributed by atoms with E-state index in [-0.39, 0.29) is 24.7 Å². The van der Waals surface area contributed by atoms with Gasteiger partial charge in [-0.25, -0.2) is 0 Å². The van der Waals surface area contributed by atoms with Gasteiger partial charge in [-0.1, -0.05) is 41.9 Å². The number of halogens is 1. The van der Waals surface area contributed by atoms with Gasteiger partial charge >= 0.3 is 0 Å². The first-order valence-corrected chi connectivity index (χ1v) is 8.35. The van der Waals surface area contributed by atoms with E-state index in [2.05, 4.69) is 0 Å². The van der Waals surface area contributed by atoms with Gasteiger partial charge in [0.15, 0.2) is 6.61 Å². The van der Waals surface area contributed by atoms with Crippen molar-refractivity contribution >= 4 is 17.5 Å². The van der Waals surface area contributed by atoms with Crippen LogP contribution in [0.4, 0.5) is 0 Å². The normalized spacial score (nSPS) is 20.7. The van der Waals surface area contributed by atoms with Gasteiger partial charge in [0.05, 0.1) is 19.2 Å². The summed E-state index contributed by atoms with van der Waals surface area (Å²) in [5.74, 6) is 0.593. The Morgan fingerprint density at radius 3 is 2.62 bits per heavy atom. The molecule has 126 valence electrons. The smallest absolute Gasteiger partial charge is 0.260 e. The summed E-state index contributed by atoms with van der Waals surface area (Å²) in [5.41, 5.74) is 1.08. The molecule has 1 heterocycles. The number of hydrogen-bond acceptors (Lipinski definition) is 3. The first-order chi connectivity index (χ1) is 11.6. The molecule has 5 heteroatoms. The molecule has 0 spiro atoms. The van der Waals surface area contributed by atoms with Crippen LogP contribution in [-0.4, -0.2) is 36.6 Å². The molecule has 0 saturated carbocycles. The first-order valence-electron chi connectivity index (χ1n) is 7.98. The molecule has 1 aliphatic heterocycles. The van der Waals surface area contributed by atoms with Crippen LogP contribution >= 0.6 is 11.6 Å². The number of ether oxygens (including phenoxy) is 2. The summed E-state index contributed by atoms with van der Waals surface area (Å²) in [5, 5.41) is 0.640. The summed E-state index contributed by atoms with van der Waals surface area (Å²) in [6.45, 7) is 3.05. The number of nitrogens with zero attached hydrogens (tertiary/aromatic N) is 1. The van der Waals surface area contributed by atoms with E-state index in [1.807, 2.05) is 42.2 Å². The number of carbonyl (C=O) groups is 1. The molecular weight excluding hydrogens is 326 g/mol. The number of benzene rings is 2. The van der Waals surface area contributed by atoms with Crippen molar-refractivity contribution in [2.45, 2.75) is 19.1 Å². The van der Waals surface area contributed by atoms with Gasteiger partial charge in [-0.3, -0.25) is 4.79 Å². The van der Waals surface area contributed by atoms with Crippen LogP contribution in [0, 0.1) is 0 Å². The van der Waals surface area contributed by atoms with E-state index in [9.17, 15) is 4.79 Å². The summed E-state index contributed by atoms with van der Waals surface area (Å²) in [4.78, 5) is 14.4. The van der Waals surface area contributed by atoms with Crippen LogP contribution in [0.2, 0.25) is 5.02 Å². The molecule has 2 aromatic carbocycles. The third kappa shape index (κ3) is 4.08. The van der Waals surface area contributed by atoms with E-state index in [0.717, 1.165) is 5.56 Å². The zero-order valence-corrected chi connectivity index (χ0v) is 14.3. The fourth-order valence-corrected chi connectivity index (χ4v) is 2.86. The van der Waals surface area contributed by atoms with Crippen molar-refractivity contribution in [3.63, 3.8) is 0 Å². The van der Waals surface area contributed by atoms with Gasteiger partial charge in [-0.15, -0.1) is 0 Å². The standard InChI is InChI=1S/C19H20ClNO3/c1-14-12-24-18(15-5-3-2-4-6-15)11-21(14)19(22)13-23-17-9-7-16(20)8-10-17/h2-10,14,18H,11-13H2,1H3. The third-order valence-corrected chi connectivity index (χ3v) is 4.35. The Kier molecular flexibility index (Phi) is 5.38. The fraction of sp³-hybridized carbons (Fsp3) is 0.316. The molecule has 1 aliphatic rings. The predicted molar refractivity (Wildman–Crippen MR) is 93.3 cm³/mol. The lowest BCUT2D eigenvalue weighted by molar-refractivity contribution is -0.146. The molecule has 1 fully saturated rings. The molecule has 24 heavy (non-hydrogen) atoms. The maximum atomic E-state index is 12.5. The van der Waals surface area contributed by atoms with Gasteiger partial charge < -0.3 is 14.4 Å². The molecule has 1 amide bonds. The highest BCUT2D eigenvalue weighted by molar-refractivity contribution is 6.30. The van der Waals surface area contributed by atoms with Crippen LogP contribution in [0.3, 0.4) is 0 Å². The number of amides is 1. The molecule has 2 atom stereocenters. The van der Waals surface area contributed by atoms with Crippen molar-refractivity contribution in [2.24, 2.45) is 0 Å². The van der Waals surface area contributed by atoms with Crippen LogP contribution in [0.5, 0.6) is 5.75 Å². The quantitative estimate of drug-likeness (QED) is 0.848. The minimum atomic E-state index is -0.0955. The Labute approximate surface area is 146 Å². The molecule has 4 nitrogen and oxygen atoms in total. The monoisotopic (exact) mass is 345 g/mol. The average molecular weight is 346 g/mol. The lowest BCUT2D eigenvalue weighted by Crippen LogP contribution is -2.49. The molecular formula is C19H20ClNO3. The molecule has 0 radical (unpaired) electrons. The molecule has 3 rings (SSSR count). The van der Waals surface area contributed by atoms with E-state index >= 15 is 0 Å². The Morgan fingerprint density at radius 2 is 1.92 bits per heavy atom. The summed E-state index contributed by atoms with van der Waals surface area (Å²) in [6, 6.07) is 17.0. The minimum Gasteiger partial charge on any atom is -0.484 e. The number of morpholine rings is 1. The van der Waals surface area contributed by atoms with Crippen LogP contribution in [0.1, 0.15) is 18.6 Å². The molecule has 0 N–H and O–H groups in total. The summed E-state index contributed by atoms with van der Waals surface area (Å²) in [6.07, 6.45) is -0.0955. The summed E-state index contributed by atoms with van der Waals surface area (Å²) in [7, 11) is 0. The van der Waals surface area contributed by atoms with Gasteiger partial charge in [0.1, 0.15) is 11.9 Å². The van der Waals surface area contributed by atoms with Crippen molar-refractivity contribution in [3.05, 3.63) is 65.2 Å². The number of hydrogen-bond donors (Lipinski definition) is 0. The number of rotatable bonds is 4. The van der Waals surface area contributed by atoms with Crippen molar-refractivity contribution in [1.82, 2.24) is 4.90 Å². The molecule has 2 unspecified atom stereocenters. The zero-order valence-electron chi connectivity index (χ0n) is 13.5. The summed E-state index contributed by atoms with van der Waals surface area (Å²) >= 11 is 5.84. The second-order valence-electron chi connectivity index (χ2n) is 5.87. The van der Waals surface area contributed by atoms with E-state index in [1.165, 1.54) is 0 Å². The maximum absolute atomic E-state index is 12.5. The maximum Gasteiger partial charge on any atom is 0.260 e.